The number of aliphatic imine (C=N–C) groups is 2. The van der Waals surface area contributed by atoms with Crippen LogP contribution in [0.2, 0.25) is 0 Å². The number of nitrogens with zero attached hydrogens (tertiary/aromatic N) is 6. The molecule has 53 heavy (non-hydrogen) atoms. The van der Waals surface area contributed by atoms with E-state index in [1.165, 1.54) is 59.9 Å². The van der Waals surface area contributed by atoms with Crippen molar-refractivity contribution in [1.82, 2.24) is 19.6 Å². The number of benzene rings is 2. The maximum absolute atomic E-state index is 6.96. The second kappa shape index (κ2) is 16.3. The molecular weight excluding hydrogens is 796 g/mol. The van der Waals surface area contributed by atoms with Gasteiger partial charge < -0.3 is 29.1 Å². The van der Waals surface area contributed by atoms with Crippen LogP contribution in [-0.4, -0.2) is 97.0 Å². The van der Waals surface area contributed by atoms with E-state index >= 15 is 0 Å². The van der Waals surface area contributed by atoms with Crippen LogP contribution in [0.25, 0.3) is 0 Å². The highest BCUT2D eigenvalue weighted by Crippen LogP contribution is 2.52. The van der Waals surface area contributed by atoms with E-state index in [0.717, 1.165) is 114 Å². The zero-order valence-electron chi connectivity index (χ0n) is 32.9. The molecule has 9 nitrogen and oxygen atoms in total. The van der Waals surface area contributed by atoms with Gasteiger partial charge in [0.25, 0.3) is 0 Å². The number of hydrogen-bond donors (Lipinski definition) is 0. The highest BCUT2D eigenvalue weighted by molar-refractivity contribution is 8.93. The summed E-state index contributed by atoms with van der Waals surface area (Å²) >= 11 is 0. The standard InChI is InChI=1S/C42H60N6O3.2BrH/c1-41(2,3)31-25-29(13-7-17-45-21-11-23-47-19-9-15-43-39(45)47)35-33(27-31)37-50-36-30(26-32(42(4,5)6)28-34(36)38(49-35)51-37)14-8-18-46-22-12-24-48-20-10-16-44-40(46)48;;/h25-28,37-38H,7-24H2,1-6H3;2*1H. The van der Waals surface area contributed by atoms with Gasteiger partial charge in [0.2, 0.25) is 12.6 Å². The summed E-state index contributed by atoms with van der Waals surface area (Å²) in [6, 6.07) is 9.33. The van der Waals surface area contributed by atoms with E-state index in [4.69, 9.17) is 24.2 Å². The van der Waals surface area contributed by atoms with Crippen LogP contribution in [0.4, 0.5) is 0 Å². The molecule has 6 aliphatic rings. The number of rotatable bonds is 8. The smallest absolute Gasteiger partial charge is 0.233 e. The Kier molecular flexibility index (Phi) is 12.4. The van der Waals surface area contributed by atoms with Crippen LogP contribution in [0, 0.1) is 0 Å². The molecule has 2 saturated heterocycles. The van der Waals surface area contributed by atoms with E-state index in [9.17, 15) is 0 Å². The largest absolute Gasteiger partial charge is 0.459 e. The second-order valence-corrected chi connectivity index (χ2v) is 17.6. The number of fused-ring (bicyclic) bond motifs is 8. The van der Waals surface area contributed by atoms with Crippen LogP contribution in [0.5, 0.6) is 11.5 Å². The zero-order valence-corrected chi connectivity index (χ0v) is 36.3. The number of hydrogen-bond acceptors (Lipinski definition) is 9. The minimum absolute atomic E-state index is 0. The molecule has 0 aromatic heterocycles. The quantitative estimate of drug-likeness (QED) is 0.265. The van der Waals surface area contributed by atoms with Gasteiger partial charge in [0.05, 0.1) is 11.1 Å². The molecule has 0 spiro atoms. The lowest BCUT2D eigenvalue weighted by molar-refractivity contribution is -0.228. The van der Waals surface area contributed by atoms with Gasteiger partial charge in [-0.05, 0) is 96.6 Å². The molecule has 8 rings (SSSR count). The molecule has 2 aromatic carbocycles. The van der Waals surface area contributed by atoms with Gasteiger partial charge in [-0.3, -0.25) is 14.7 Å². The average Bonchev–Trinajstić information content (AvgIpc) is 3.11. The van der Waals surface area contributed by atoms with Gasteiger partial charge in [0.1, 0.15) is 11.5 Å². The Bertz CT molecular complexity index is 1560. The van der Waals surface area contributed by atoms with Gasteiger partial charge >= 0.3 is 0 Å². The molecule has 2 fully saturated rings. The maximum atomic E-state index is 6.96. The van der Waals surface area contributed by atoms with Gasteiger partial charge in [0.15, 0.2) is 11.9 Å². The second-order valence-electron chi connectivity index (χ2n) is 17.6. The summed E-state index contributed by atoms with van der Waals surface area (Å²) in [6.45, 7) is 24.4. The third kappa shape index (κ3) is 8.37. The summed E-state index contributed by atoms with van der Waals surface area (Å²) in [5, 5.41) is 0. The number of ether oxygens (including phenoxy) is 3. The lowest BCUT2D eigenvalue weighted by Gasteiger charge is -2.42. The predicted molar refractivity (Wildman–Crippen MR) is 225 cm³/mol. The Morgan fingerprint density at radius 1 is 0.585 bits per heavy atom. The fourth-order valence-electron chi connectivity index (χ4n) is 8.71. The van der Waals surface area contributed by atoms with Gasteiger partial charge in [-0.2, -0.15) is 0 Å². The van der Waals surface area contributed by atoms with Crippen molar-refractivity contribution in [2.45, 2.75) is 116 Å². The number of halogens is 2. The lowest BCUT2D eigenvalue weighted by Crippen LogP contribution is -2.52. The average molecular weight is 859 g/mol. The first-order valence-corrected chi connectivity index (χ1v) is 19.9. The Morgan fingerprint density at radius 2 is 1.00 bits per heavy atom. The van der Waals surface area contributed by atoms with Crippen molar-refractivity contribution in [3.05, 3.63) is 57.6 Å². The molecule has 292 valence electrons. The first-order chi connectivity index (χ1) is 24.5. The predicted octanol–water partition coefficient (Wildman–Crippen LogP) is 8.34. The summed E-state index contributed by atoms with van der Waals surface area (Å²) < 4.78 is 20.6. The zero-order chi connectivity index (χ0) is 35.3. The highest BCUT2D eigenvalue weighted by Gasteiger charge is 2.41. The van der Waals surface area contributed by atoms with Gasteiger partial charge in [0, 0.05) is 65.4 Å². The Morgan fingerprint density at radius 3 is 1.42 bits per heavy atom. The molecule has 0 aliphatic carbocycles. The van der Waals surface area contributed by atoms with Crippen molar-refractivity contribution < 1.29 is 14.2 Å². The summed E-state index contributed by atoms with van der Waals surface area (Å²) in [5.41, 5.74) is 7.12. The van der Waals surface area contributed by atoms with Gasteiger partial charge in [-0.25, -0.2) is 0 Å². The van der Waals surface area contributed by atoms with Crippen LogP contribution in [0.1, 0.15) is 126 Å². The molecular formula is C42H62Br2N6O3. The van der Waals surface area contributed by atoms with Crippen molar-refractivity contribution in [1.29, 1.82) is 0 Å². The molecule has 2 atom stereocenters. The van der Waals surface area contributed by atoms with Crippen molar-refractivity contribution >= 4 is 45.9 Å². The summed E-state index contributed by atoms with van der Waals surface area (Å²) in [6.07, 6.45) is 7.73. The van der Waals surface area contributed by atoms with Crippen LogP contribution in [0.15, 0.2) is 34.3 Å². The van der Waals surface area contributed by atoms with Crippen LogP contribution in [-0.2, 0) is 28.4 Å². The summed E-state index contributed by atoms with van der Waals surface area (Å²) in [4.78, 5) is 19.8. The van der Waals surface area contributed by atoms with Crippen LogP contribution < -0.4 is 9.47 Å². The first-order valence-electron chi connectivity index (χ1n) is 19.9. The van der Waals surface area contributed by atoms with Crippen LogP contribution >= 0.6 is 34.0 Å². The summed E-state index contributed by atoms with van der Waals surface area (Å²) in [7, 11) is 0. The molecule has 2 bridgehead atoms. The molecule has 2 unspecified atom stereocenters. The minimum Gasteiger partial charge on any atom is -0.459 e. The third-order valence-corrected chi connectivity index (χ3v) is 11.6. The Hall–Kier alpha value is -2.50. The monoisotopic (exact) mass is 856 g/mol. The van der Waals surface area contributed by atoms with E-state index < -0.39 is 12.6 Å². The van der Waals surface area contributed by atoms with Crippen molar-refractivity contribution in [2.24, 2.45) is 9.98 Å². The molecule has 6 aliphatic heterocycles. The Balaban J connectivity index is 0.00000240. The number of guanidine groups is 2. The lowest BCUT2D eigenvalue weighted by atomic mass is 9.83. The topological polar surface area (TPSA) is 65.4 Å². The SMILES string of the molecule is Br.Br.CC(C)(C)c1cc(CCCN2CCCN3CCCN=C32)c2c(c1)C1Oc3c(CCCN4CCCN5CCCN=C54)cc(C(C)(C)C)cc3C(O2)O1. The van der Waals surface area contributed by atoms with Gasteiger partial charge in [-0.1, -0.05) is 53.7 Å². The molecule has 2 aromatic rings. The maximum Gasteiger partial charge on any atom is 0.233 e. The van der Waals surface area contributed by atoms with E-state index in [-0.39, 0.29) is 44.8 Å². The van der Waals surface area contributed by atoms with Crippen molar-refractivity contribution in [3.63, 3.8) is 0 Å². The first kappa shape index (κ1) is 40.2. The molecule has 11 heteroatoms. The van der Waals surface area contributed by atoms with Crippen LogP contribution in [0.3, 0.4) is 0 Å². The molecule has 0 radical (unpaired) electrons. The Labute approximate surface area is 339 Å². The summed E-state index contributed by atoms with van der Waals surface area (Å²) in [5.74, 6) is 4.34. The van der Waals surface area contributed by atoms with E-state index in [0.29, 0.717) is 0 Å². The normalized spacial score (nSPS) is 22.1. The van der Waals surface area contributed by atoms with Crippen molar-refractivity contribution in [3.8, 4) is 11.5 Å². The number of aryl methyl sites for hydroxylation is 2. The van der Waals surface area contributed by atoms with E-state index in [1.807, 2.05) is 0 Å². The fraction of sp³-hybridized carbons (Fsp3) is 0.667. The molecule has 0 amide bonds. The highest BCUT2D eigenvalue weighted by atomic mass is 79.9. The van der Waals surface area contributed by atoms with E-state index in [1.54, 1.807) is 0 Å². The minimum atomic E-state index is -0.494. The van der Waals surface area contributed by atoms with Crippen molar-refractivity contribution in [2.75, 3.05) is 65.4 Å². The molecule has 0 N–H and O–H groups in total. The molecule has 0 saturated carbocycles. The molecule has 6 heterocycles. The van der Waals surface area contributed by atoms with Gasteiger partial charge in [-0.15, -0.1) is 34.0 Å². The van der Waals surface area contributed by atoms with E-state index in [2.05, 4.69) is 85.4 Å². The third-order valence-electron chi connectivity index (χ3n) is 11.6. The fourth-order valence-corrected chi connectivity index (χ4v) is 8.71.